The zero-order valence-electron chi connectivity index (χ0n) is 12.6. The average Bonchev–Trinajstić information content (AvgIpc) is 3.25. The highest BCUT2D eigenvalue weighted by atomic mass is 16.3. The van der Waals surface area contributed by atoms with Gasteiger partial charge in [-0.2, -0.15) is 0 Å². The van der Waals surface area contributed by atoms with Crippen molar-refractivity contribution in [1.29, 1.82) is 0 Å². The molecule has 1 aromatic heterocycles. The molecule has 0 unspecified atom stereocenters. The van der Waals surface area contributed by atoms with Gasteiger partial charge in [0.2, 0.25) is 5.91 Å². The largest absolute Gasteiger partial charge is 0.469 e. The summed E-state index contributed by atoms with van der Waals surface area (Å²) in [6, 6.07) is 14.2. The van der Waals surface area contributed by atoms with E-state index in [-0.39, 0.29) is 17.9 Å². The molecule has 4 nitrogen and oxygen atoms in total. The fourth-order valence-electron chi connectivity index (χ4n) is 3.02. The Kier molecular flexibility index (Phi) is 4.91. The van der Waals surface area contributed by atoms with Crippen LogP contribution >= 0.6 is 0 Å². The quantitative estimate of drug-likeness (QED) is 0.862. The van der Waals surface area contributed by atoms with E-state index in [1.807, 2.05) is 30.3 Å². The van der Waals surface area contributed by atoms with Crippen molar-refractivity contribution >= 4 is 5.91 Å². The standard InChI is InChI=1S/C18H22N2O2/c21-18(16-8-4-11-19-16)20-12-10-15(17-9-5-13-22-17)14-6-2-1-3-7-14/h1-3,5-7,9,13,15-16,19H,4,8,10-12H2,(H,20,21)/t15-,16-/m0/s1. The van der Waals surface area contributed by atoms with Gasteiger partial charge in [-0.25, -0.2) is 0 Å². The molecular formula is C18H22N2O2. The maximum Gasteiger partial charge on any atom is 0.237 e. The number of carbonyl (C=O) groups excluding carboxylic acids is 1. The first-order valence-electron chi connectivity index (χ1n) is 7.94. The van der Waals surface area contributed by atoms with Crippen LogP contribution in [0.3, 0.4) is 0 Å². The van der Waals surface area contributed by atoms with Crippen LogP contribution in [0.25, 0.3) is 0 Å². The van der Waals surface area contributed by atoms with Gasteiger partial charge in [-0.15, -0.1) is 0 Å². The lowest BCUT2D eigenvalue weighted by Gasteiger charge is -2.17. The maximum absolute atomic E-state index is 12.1. The predicted octanol–water partition coefficient (Wildman–Crippen LogP) is 2.67. The number of hydrogen-bond acceptors (Lipinski definition) is 3. The molecule has 1 aliphatic rings. The molecule has 1 aliphatic heterocycles. The summed E-state index contributed by atoms with van der Waals surface area (Å²) in [4.78, 5) is 12.1. The van der Waals surface area contributed by atoms with Crippen molar-refractivity contribution in [1.82, 2.24) is 10.6 Å². The van der Waals surface area contributed by atoms with Gasteiger partial charge in [0.15, 0.2) is 0 Å². The second-order valence-electron chi connectivity index (χ2n) is 5.71. The van der Waals surface area contributed by atoms with Crippen LogP contribution in [0.1, 0.15) is 36.5 Å². The van der Waals surface area contributed by atoms with Crippen LogP contribution in [-0.4, -0.2) is 25.0 Å². The smallest absolute Gasteiger partial charge is 0.237 e. The van der Waals surface area contributed by atoms with Crippen LogP contribution in [0, 0.1) is 0 Å². The van der Waals surface area contributed by atoms with Gasteiger partial charge >= 0.3 is 0 Å². The minimum absolute atomic E-state index is 0.0150. The first-order valence-corrected chi connectivity index (χ1v) is 7.94. The lowest BCUT2D eigenvalue weighted by molar-refractivity contribution is -0.122. The number of nitrogens with one attached hydrogen (secondary N) is 2. The first-order chi connectivity index (χ1) is 10.8. The lowest BCUT2D eigenvalue weighted by atomic mass is 9.93. The summed E-state index contributed by atoms with van der Waals surface area (Å²) in [5, 5.41) is 6.27. The zero-order valence-corrected chi connectivity index (χ0v) is 12.6. The normalized spacial score (nSPS) is 19.0. The van der Waals surface area contributed by atoms with E-state index in [0.29, 0.717) is 6.54 Å². The third-order valence-electron chi connectivity index (χ3n) is 4.20. The van der Waals surface area contributed by atoms with Gasteiger partial charge in [0.05, 0.1) is 12.3 Å². The minimum Gasteiger partial charge on any atom is -0.469 e. The van der Waals surface area contributed by atoms with Gasteiger partial charge in [-0.1, -0.05) is 30.3 Å². The van der Waals surface area contributed by atoms with Crippen molar-refractivity contribution in [3.05, 3.63) is 60.1 Å². The van der Waals surface area contributed by atoms with Crippen LogP contribution in [-0.2, 0) is 4.79 Å². The van der Waals surface area contributed by atoms with Gasteiger partial charge in [-0.05, 0) is 43.5 Å². The maximum atomic E-state index is 12.1. The number of rotatable bonds is 6. The number of benzene rings is 1. The molecule has 1 saturated heterocycles. The summed E-state index contributed by atoms with van der Waals surface area (Å²) in [6.07, 6.45) is 4.55. The van der Waals surface area contributed by atoms with Crippen LogP contribution < -0.4 is 10.6 Å². The highest BCUT2D eigenvalue weighted by Gasteiger charge is 2.22. The average molecular weight is 298 g/mol. The topological polar surface area (TPSA) is 54.3 Å². The molecule has 2 atom stereocenters. The van der Waals surface area contributed by atoms with E-state index in [1.54, 1.807) is 6.26 Å². The summed E-state index contributed by atoms with van der Waals surface area (Å²) >= 11 is 0. The Morgan fingerprint density at radius 1 is 1.27 bits per heavy atom. The molecule has 2 N–H and O–H groups in total. The number of amides is 1. The van der Waals surface area contributed by atoms with Crippen molar-refractivity contribution < 1.29 is 9.21 Å². The Hall–Kier alpha value is -2.07. The predicted molar refractivity (Wildman–Crippen MR) is 85.6 cm³/mol. The summed E-state index contributed by atoms with van der Waals surface area (Å²) in [6.45, 7) is 1.59. The molecule has 0 aliphatic carbocycles. The molecule has 1 amide bonds. The van der Waals surface area contributed by atoms with Gasteiger partial charge in [0, 0.05) is 12.5 Å². The fraction of sp³-hybridized carbons (Fsp3) is 0.389. The van der Waals surface area contributed by atoms with Crippen molar-refractivity contribution in [2.45, 2.75) is 31.2 Å². The lowest BCUT2D eigenvalue weighted by Crippen LogP contribution is -2.41. The Morgan fingerprint density at radius 3 is 2.82 bits per heavy atom. The summed E-state index contributed by atoms with van der Waals surface area (Å²) in [5.41, 5.74) is 1.21. The Morgan fingerprint density at radius 2 is 2.14 bits per heavy atom. The first kappa shape index (κ1) is 14.9. The van der Waals surface area contributed by atoms with Gasteiger partial charge in [0.25, 0.3) is 0 Å². The van der Waals surface area contributed by atoms with E-state index in [4.69, 9.17) is 4.42 Å². The Balaban J connectivity index is 1.60. The van der Waals surface area contributed by atoms with E-state index >= 15 is 0 Å². The van der Waals surface area contributed by atoms with Crippen molar-refractivity contribution in [3.8, 4) is 0 Å². The van der Waals surface area contributed by atoms with Gasteiger partial charge in [-0.3, -0.25) is 4.79 Å². The molecule has 1 aromatic carbocycles. The molecule has 0 radical (unpaired) electrons. The molecule has 0 bridgehead atoms. The number of hydrogen-bond donors (Lipinski definition) is 2. The highest BCUT2D eigenvalue weighted by Crippen LogP contribution is 2.27. The minimum atomic E-state index is -0.0150. The van der Waals surface area contributed by atoms with Crippen LogP contribution in [0.5, 0.6) is 0 Å². The van der Waals surface area contributed by atoms with E-state index in [0.717, 1.165) is 31.6 Å². The second kappa shape index (κ2) is 7.27. The zero-order chi connectivity index (χ0) is 15.2. The second-order valence-corrected chi connectivity index (χ2v) is 5.71. The molecule has 2 heterocycles. The molecule has 0 spiro atoms. The fourth-order valence-corrected chi connectivity index (χ4v) is 3.02. The van der Waals surface area contributed by atoms with Crippen molar-refractivity contribution in [2.75, 3.05) is 13.1 Å². The van der Waals surface area contributed by atoms with E-state index < -0.39 is 0 Å². The molecule has 22 heavy (non-hydrogen) atoms. The summed E-state index contributed by atoms with van der Waals surface area (Å²) < 4.78 is 5.58. The van der Waals surface area contributed by atoms with Crippen molar-refractivity contribution in [3.63, 3.8) is 0 Å². The number of furan rings is 1. The van der Waals surface area contributed by atoms with Gasteiger partial charge < -0.3 is 15.1 Å². The molecule has 3 rings (SSSR count). The van der Waals surface area contributed by atoms with Crippen LogP contribution in [0.4, 0.5) is 0 Å². The molecule has 116 valence electrons. The van der Waals surface area contributed by atoms with E-state index in [2.05, 4.69) is 22.8 Å². The number of carbonyl (C=O) groups is 1. The summed E-state index contributed by atoms with van der Waals surface area (Å²) in [7, 11) is 0. The Labute approximate surface area is 130 Å². The molecule has 4 heteroatoms. The van der Waals surface area contributed by atoms with Gasteiger partial charge in [0.1, 0.15) is 5.76 Å². The molecule has 0 saturated carbocycles. The monoisotopic (exact) mass is 298 g/mol. The Bertz CT molecular complexity index is 574. The third-order valence-corrected chi connectivity index (χ3v) is 4.20. The highest BCUT2D eigenvalue weighted by molar-refractivity contribution is 5.81. The summed E-state index contributed by atoms with van der Waals surface area (Å²) in [5.74, 6) is 1.23. The molecule has 2 aromatic rings. The van der Waals surface area contributed by atoms with E-state index in [1.165, 1.54) is 5.56 Å². The third kappa shape index (κ3) is 3.57. The SMILES string of the molecule is O=C(NCC[C@@H](c1ccccc1)c1ccco1)[C@@H]1CCCN1. The van der Waals surface area contributed by atoms with E-state index in [9.17, 15) is 4.79 Å². The van der Waals surface area contributed by atoms with Crippen LogP contribution in [0.15, 0.2) is 53.1 Å². The van der Waals surface area contributed by atoms with Crippen molar-refractivity contribution in [2.24, 2.45) is 0 Å². The van der Waals surface area contributed by atoms with Crippen LogP contribution in [0.2, 0.25) is 0 Å². The molecule has 1 fully saturated rings. The molecular weight excluding hydrogens is 276 g/mol.